The maximum Gasteiger partial charge on any atom is 0.308 e. The quantitative estimate of drug-likeness (QED) is 0.627. The van der Waals surface area contributed by atoms with E-state index in [-0.39, 0.29) is 24.5 Å². The number of carbonyl (C=O) groups is 2. The third kappa shape index (κ3) is 5.42. The maximum atomic E-state index is 12.3. The molecule has 0 bridgehead atoms. The number of amides is 1. The highest BCUT2D eigenvalue weighted by Crippen LogP contribution is 2.20. The number of esters is 1. The molecular weight excluding hydrogens is 394 g/mol. The molecular formula is C21H20ClN3O4. The Bertz CT molecular complexity index is 1110. The van der Waals surface area contributed by atoms with E-state index in [4.69, 9.17) is 16.3 Å². The number of halogens is 1. The van der Waals surface area contributed by atoms with E-state index in [1.165, 1.54) is 17.4 Å². The minimum Gasteiger partial charge on any atom is -0.459 e. The second kappa shape index (κ2) is 8.87. The molecule has 0 spiro atoms. The molecule has 150 valence electrons. The molecule has 1 atom stereocenters. The fourth-order valence-corrected chi connectivity index (χ4v) is 3.03. The van der Waals surface area contributed by atoms with Gasteiger partial charge >= 0.3 is 5.97 Å². The molecule has 3 aromatic rings. The van der Waals surface area contributed by atoms with Crippen molar-refractivity contribution in [1.29, 1.82) is 0 Å². The number of hydrogen-bond acceptors (Lipinski definition) is 5. The third-order valence-electron chi connectivity index (χ3n) is 4.26. The van der Waals surface area contributed by atoms with Crippen molar-refractivity contribution in [3.8, 4) is 0 Å². The Morgan fingerprint density at radius 3 is 2.62 bits per heavy atom. The van der Waals surface area contributed by atoms with Crippen molar-refractivity contribution >= 4 is 29.1 Å². The van der Waals surface area contributed by atoms with Crippen LogP contribution in [0.3, 0.4) is 0 Å². The second-order valence-electron chi connectivity index (χ2n) is 6.69. The summed E-state index contributed by atoms with van der Waals surface area (Å²) in [5, 5.41) is 3.29. The molecule has 0 aliphatic rings. The first-order chi connectivity index (χ1) is 13.8. The third-order valence-corrected chi connectivity index (χ3v) is 4.51. The minimum absolute atomic E-state index is 0.0625. The SMILES string of the molecule is CC(=O)NC(CC(=O)OCc1cc(=O)n2cc(C)ccc2n1)c1ccc(Cl)cc1. The smallest absolute Gasteiger partial charge is 0.308 e. The van der Waals surface area contributed by atoms with E-state index in [1.54, 1.807) is 36.5 Å². The number of nitrogens with zero attached hydrogens (tertiary/aromatic N) is 2. The standard InChI is InChI=1S/C21H20ClN3O4/c1-13-3-8-19-24-17(9-20(27)25(19)11-13)12-29-21(28)10-18(23-14(2)26)15-4-6-16(22)7-5-15/h3-9,11,18H,10,12H2,1-2H3,(H,23,26). The van der Waals surface area contributed by atoms with Crippen molar-refractivity contribution in [3.63, 3.8) is 0 Å². The summed E-state index contributed by atoms with van der Waals surface area (Å²) in [7, 11) is 0. The Hall–Kier alpha value is -3.19. The first kappa shape index (κ1) is 20.5. The Morgan fingerprint density at radius 2 is 1.93 bits per heavy atom. The van der Waals surface area contributed by atoms with Gasteiger partial charge in [-0.1, -0.05) is 29.8 Å². The number of fused-ring (bicyclic) bond motifs is 1. The fraction of sp³-hybridized carbons (Fsp3) is 0.238. The molecule has 3 rings (SSSR count). The van der Waals surface area contributed by atoms with Gasteiger partial charge in [0, 0.05) is 24.2 Å². The lowest BCUT2D eigenvalue weighted by Gasteiger charge is -2.17. The largest absolute Gasteiger partial charge is 0.459 e. The molecule has 0 saturated heterocycles. The lowest BCUT2D eigenvalue weighted by Crippen LogP contribution is -2.28. The lowest BCUT2D eigenvalue weighted by atomic mass is 10.0. The van der Waals surface area contributed by atoms with Gasteiger partial charge in [-0.05, 0) is 36.2 Å². The van der Waals surface area contributed by atoms with Crippen molar-refractivity contribution in [2.24, 2.45) is 0 Å². The van der Waals surface area contributed by atoms with E-state index in [0.29, 0.717) is 16.4 Å². The summed E-state index contributed by atoms with van der Waals surface area (Å²) in [4.78, 5) is 40.4. The van der Waals surface area contributed by atoms with Crippen molar-refractivity contribution in [2.45, 2.75) is 32.9 Å². The Labute approximate surface area is 172 Å². The average molecular weight is 414 g/mol. The van der Waals surface area contributed by atoms with Crippen LogP contribution in [0.2, 0.25) is 5.02 Å². The van der Waals surface area contributed by atoms with E-state index in [9.17, 15) is 14.4 Å². The number of carbonyl (C=O) groups excluding carboxylic acids is 2. The van der Waals surface area contributed by atoms with Gasteiger partial charge < -0.3 is 10.1 Å². The van der Waals surface area contributed by atoms with Gasteiger partial charge in [0.15, 0.2) is 0 Å². The monoisotopic (exact) mass is 413 g/mol. The molecule has 0 fully saturated rings. The fourth-order valence-electron chi connectivity index (χ4n) is 2.90. The van der Waals surface area contributed by atoms with Crippen LogP contribution in [-0.4, -0.2) is 21.3 Å². The van der Waals surface area contributed by atoms with Gasteiger partial charge in [-0.2, -0.15) is 0 Å². The molecule has 1 unspecified atom stereocenters. The van der Waals surface area contributed by atoms with Gasteiger partial charge in [-0.15, -0.1) is 0 Å². The van der Waals surface area contributed by atoms with Crippen molar-refractivity contribution < 1.29 is 14.3 Å². The molecule has 1 N–H and O–H groups in total. The van der Waals surface area contributed by atoms with Crippen LogP contribution < -0.4 is 10.9 Å². The summed E-state index contributed by atoms with van der Waals surface area (Å²) >= 11 is 5.90. The van der Waals surface area contributed by atoms with Crippen molar-refractivity contribution in [1.82, 2.24) is 14.7 Å². The topological polar surface area (TPSA) is 89.8 Å². The van der Waals surface area contributed by atoms with E-state index in [1.807, 2.05) is 13.0 Å². The number of rotatable bonds is 6. The van der Waals surface area contributed by atoms with Gasteiger partial charge in [0.25, 0.3) is 5.56 Å². The number of benzene rings is 1. The molecule has 0 radical (unpaired) electrons. The highest BCUT2D eigenvalue weighted by atomic mass is 35.5. The zero-order valence-corrected chi connectivity index (χ0v) is 16.8. The van der Waals surface area contributed by atoms with Crippen molar-refractivity contribution in [2.75, 3.05) is 0 Å². The lowest BCUT2D eigenvalue weighted by molar-refractivity contribution is -0.145. The first-order valence-corrected chi connectivity index (χ1v) is 9.37. The van der Waals surface area contributed by atoms with Crippen LogP contribution in [0.5, 0.6) is 0 Å². The molecule has 8 heteroatoms. The molecule has 1 aromatic carbocycles. The molecule has 0 aliphatic carbocycles. The zero-order chi connectivity index (χ0) is 21.0. The van der Waals surface area contributed by atoms with Gasteiger partial charge in [0.05, 0.1) is 18.2 Å². The molecule has 1 amide bonds. The summed E-state index contributed by atoms with van der Waals surface area (Å²) in [5.41, 5.74) is 2.26. The summed E-state index contributed by atoms with van der Waals surface area (Å²) < 4.78 is 6.72. The highest BCUT2D eigenvalue weighted by Gasteiger charge is 2.18. The van der Waals surface area contributed by atoms with Gasteiger partial charge in [-0.25, -0.2) is 4.98 Å². The predicted molar refractivity (Wildman–Crippen MR) is 109 cm³/mol. The van der Waals surface area contributed by atoms with Crippen LogP contribution >= 0.6 is 11.6 Å². The Morgan fingerprint density at radius 1 is 1.21 bits per heavy atom. The summed E-state index contributed by atoms with van der Waals surface area (Å²) in [6.45, 7) is 3.13. The Kier molecular flexibility index (Phi) is 6.29. The molecule has 2 heterocycles. The van der Waals surface area contributed by atoms with E-state index < -0.39 is 12.0 Å². The first-order valence-electron chi connectivity index (χ1n) is 8.99. The van der Waals surface area contributed by atoms with E-state index >= 15 is 0 Å². The number of ether oxygens (including phenoxy) is 1. The second-order valence-corrected chi connectivity index (χ2v) is 7.13. The maximum absolute atomic E-state index is 12.3. The van der Waals surface area contributed by atoms with Crippen LogP contribution in [0.25, 0.3) is 5.65 Å². The molecule has 29 heavy (non-hydrogen) atoms. The summed E-state index contributed by atoms with van der Waals surface area (Å²) in [6, 6.07) is 11.2. The van der Waals surface area contributed by atoms with Gasteiger partial charge in [-0.3, -0.25) is 18.8 Å². The molecule has 7 nitrogen and oxygen atoms in total. The van der Waals surface area contributed by atoms with Crippen LogP contribution in [0.1, 0.15) is 36.2 Å². The number of aromatic nitrogens is 2. The molecule has 2 aromatic heterocycles. The van der Waals surface area contributed by atoms with Crippen LogP contribution in [0.4, 0.5) is 0 Å². The number of aryl methyl sites for hydroxylation is 1. The highest BCUT2D eigenvalue weighted by molar-refractivity contribution is 6.30. The normalized spacial score (nSPS) is 11.8. The molecule has 0 saturated carbocycles. The van der Waals surface area contributed by atoms with E-state index in [2.05, 4.69) is 10.3 Å². The molecule has 0 aliphatic heterocycles. The van der Waals surface area contributed by atoms with Crippen LogP contribution in [0, 0.1) is 6.92 Å². The summed E-state index contributed by atoms with van der Waals surface area (Å²) in [5.74, 6) is -0.790. The van der Waals surface area contributed by atoms with Crippen molar-refractivity contribution in [3.05, 3.63) is 80.9 Å². The number of pyridine rings is 1. The van der Waals surface area contributed by atoms with Gasteiger partial charge in [0.2, 0.25) is 5.91 Å². The minimum atomic E-state index is -0.546. The number of nitrogens with one attached hydrogen (secondary N) is 1. The van der Waals surface area contributed by atoms with Gasteiger partial charge in [0.1, 0.15) is 12.3 Å². The van der Waals surface area contributed by atoms with Crippen LogP contribution in [-0.2, 0) is 20.9 Å². The van der Waals surface area contributed by atoms with Crippen LogP contribution in [0.15, 0.2) is 53.5 Å². The Balaban J connectivity index is 1.69. The zero-order valence-electron chi connectivity index (χ0n) is 16.0. The average Bonchev–Trinajstić information content (AvgIpc) is 2.67. The van der Waals surface area contributed by atoms with E-state index in [0.717, 1.165) is 11.1 Å². The number of hydrogen-bond donors (Lipinski definition) is 1. The predicted octanol–water partition coefficient (Wildman–Crippen LogP) is 2.97. The summed E-state index contributed by atoms with van der Waals surface area (Å²) in [6.07, 6.45) is 1.64.